The highest BCUT2D eigenvalue weighted by atomic mass is 32.1. The minimum absolute atomic E-state index is 0.0836. The maximum atomic E-state index is 13.1. The summed E-state index contributed by atoms with van der Waals surface area (Å²) in [6, 6.07) is 1.97. The predicted molar refractivity (Wildman–Crippen MR) is 102 cm³/mol. The molecule has 11 heteroatoms. The molecule has 28 heavy (non-hydrogen) atoms. The summed E-state index contributed by atoms with van der Waals surface area (Å²) in [7, 11) is 2.94. The van der Waals surface area contributed by atoms with E-state index in [2.05, 4.69) is 18.1 Å². The van der Waals surface area contributed by atoms with Crippen molar-refractivity contribution in [1.29, 1.82) is 0 Å². The first kappa shape index (κ1) is 21.6. The van der Waals surface area contributed by atoms with Gasteiger partial charge in [-0.2, -0.15) is 13.2 Å². The van der Waals surface area contributed by atoms with E-state index < -0.39 is 52.5 Å². The lowest BCUT2D eigenvalue weighted by Gasteiger charge is -2.31. The quantitative estimate of drug-likeness (QED) is 0.380. The van der Waals surface area contributed by atoms with Gasteiger partial charge in [0, 0.05) is 14.1 Å². The highest BCUT2D eigenvalue weighted by Gasteiger charge is 2.44. The number of anilines is 3. The van der Waals surface area contributed by atoms with Gasteiger partial charge in [0.1, 0.15) is 17.4 Å². The van der Waals surface area contributed by atoms with Gasteiger partial charge in [-0.1, -0.05) is 25.8 Å². The van der Waals surface area contributed by atoms with Crippen molar-refractivity contribution in [1.82, 2.24) is 4.90 Å². The number of nitrogens with one attached hydrogen (secondary N) is 1. The molecular formula is C17H18F3N3O4S. The molecule has 2 N–H and O–H groups in total. The molecule has 2 aromatic carbocycles. The molecule has 152 valence electrons. The van der Waals surface area contributed by atoms with Crippen molar-refractivity contribution in [3.8, 4) is 5.75 Å². The van der Waals surface area contributed by atoms with Gasteiger partial charge in [-0.15, -0.1) is 0 Å². The van der Waals surface area contributed by atoms with E-state index in [9.17, 15) is 32.7 Å². The van der Waals surface area contributed by atoms with Crippen molar-refractivity contribution in [2.24, 2.45) is 0 Å². The highest BCUT2D eigenvalue weighted by molar-refractivity contribution is 7.81. The molecule has 1 unspecified atom stereocenters. The van der Waals surface area contributed by atoms with Crippen LogP contribution in [0.3, 0.4) is 0 Å². The van der Waals surface area contributed by atoms with Crippen LogP contribution in [0.1, 0.15) is 23.7 Å². The summed E-state index contributed by atoms with van der Waals surface area (Å²) in [6.07, 6.45) is -5.07. The van der Waals surface area contributed by atoms with Gasteiger partial charge >= 0.3 is 6.18 Å². The van der Waals surface area contributed by atoms with Crippen molar-refractivity contribution in [2.45, 2.75) is 25.6 Å². The Morgan fingerprint density at radius 1 is 1.25 bits per heavy atom. The smallest absolute Gasteiger partial charge is 0.409 e. The lowest BCUT2D eigenvalue weighted by atomic mass is 10.1. The van der Waals surface area contributed by atoms with E-state index in [1.54, 1.807) is 0 Å². The first-order valence-electron chi connectivity index (χ1n) is 8.10. The Morgan fingerprint density at radius 2 is 1.86 bits per heavy atom. The van der Waals surface area contributed by atoms with E-state index in [0.29, 0.717) is 4.31 Å². The summed E-state index contributed by atoms with van der Waals surface area (Å²) in [5.41, 5.74) is -3.36. The zero-order valence-electron chi connectivity index (χ0n) is 15.2. The number of thiol groups is 1. The maximum absolute atomic E-state index is 13.1. The molecule has 0 aliphatic heterocycles. The number of halogens is 3. The zero-order valence-corrected chi connectivity index (χ0v) is 16.1. The molecule has 0 aromatic heterocycles. The average Bonchev–Trinajstić information content (AvgIpc) is 2.60. The molecule has 1 amide bonds. The van der Waals surface area contributed by atoms with E-state index in [1.807, 2.05) is 0 Å². The molecule has 0 saturated heterocycles. The number of carbonyl (C=O) groups excluding carboxylic acids is 1. The third-order valence-electron chi connectivity index (χ3n) is 4.11. The van der Waals surface area contributed by atoms with E-state index in [4.69, 9.17) is 0 Å². The van der Waals surface area contributed by atoms with Crippen LogP contribution in [0.25, 0.3) is 0 Å². The standard InChI is InChI=1S/C17H18F3N3O4S/c1-4-10(17(18,19)20)23(28)12-11(14(25)15(12)26)21-9-7-5-6-8(13(9)24)16(27)22(2)3/h5-7,10,21,24,28H,4H2,1-3H3. The second-order valence-electron chi connectivity index (χ2n) is 6.22. The van der Waals surface area contributed by atoms with Crippen LogP contribution in [0.2, 0.25) is 0 Å². The number of hydrogen-bond donors (Lipinski definition) is 3. The third-order valence-corrected chi connectivity index (χ3v) is 4.59. The molecule has 2 rings (SSSR count). The topological polar surface area (TPSA) is 89.9 Å². The predicted octanol–water partition coefficient (Wildman–Crippen LogP) is 2.43. The van der Waals surface area contributed by atoms with Crippen LogP contribution in [0.5, 0.6) is 5.75 Å². The van der Waals surface area contributed by atoms with Gasteiger partial charge in [0.15, 0.2) is 5.75 Å². The molecule has 0 heterocycles. The van der Waals surface area contributed by atoms with Crippen LogP contribution in [0.15, 0.2) is 27.8 Å². The number of carbonyl (C=O) groups is 1. The Hall–Kier alpha value is -2.69. The Labute approximate surface area is 163 Å². The molecule has 0 spiro atoms. The Kier molecular flexibility index (Phi) is 5.97. The van der Waals surface area contributed by atoms with Crippen molar-refractivity contribution < 1.29 is 23.1 Å². The van der Waals surface area contributed by atoms with Gasteiger partial charge in [-0.25, -0.2) is 0 Å². The summed E-state index contributed by atoms with van der Waals surface area (Å²) in [5, 5.41) is 12.7. The number of alkyl halides is 3. The second-order valence-corrected chi connectivity index (χ2v) is 6.65. The fraction of sp³-hybridized carbons (Fsp3) is 0.353. The fourth-order valence-corrected chi connectivity index (χ4v) is 3.09. The summed E-state index contributed by atoms with van der Waals surface area (Å²) < 4.78 is 39.8. The summed E-state index contributed by atoms with van der Waals surface area (Å²) in [6.45, 7) is 1.27. The Morgan fingerprint density at radius 3 is 2.36 bits per heavy atom. The Bertz CT molecular complexity index is 968. The highest BCUT2D eigenvalue weighted by Crippen LogP contribution is 2.37. The molecule has 7 nitrogen and oxygen atoms in total. The number of hydrogen-bond acceptors (Lipinski definition) is 7. The molecule has 1 atom stereocenters. The van der Waals surface area contributed by atoms with E-state index >= 15 is 0 Å². The van der Waals surface area contributed by atoms with Crippen LogP contribution < -0.4 is 20.5 Å². The van der Waals surface area contributed by atoms with Crippen LogP contribution in [-0.2, 0) is 0 Å². The molecule has 0 radical (unpaired) electrons. The minimum Gasteiger partial charge on any atom is -0.505 e. The third kappa shape index (κ3) is 3.79. The number of amides is 1. The van der Waals surface area contributed by atoms with Gasteiger partial charge in [0.05, 0.1) is 11.3 Å². The van der Waals surface area contributed by atoms with Gasteiger partial charge in [0.25, 0.3) is 16.8 Å². The van der Waals surface area contributed by atoms with Crippen molar-refractivity contribution >= 4 is 35.8 Å². The zero-order chi connectivity index (χ0) is 21.4. The van der Waals surface area contributed by atoms with Gasteiger partial charge in [-0.3, -0.25) is 14.4 Å². The van der Waals surface area contributed by atoms with E-state index in [1.165, 1.54) is 44.1 Å². The summed E-state index contributed by atoms with van der Waals surface area (Å²) in [5.74, 6) is -1.03. The van der Waals surface area contributed by atoms with Crippen LogP contribution >= 0.6 is 12.8 Å². The number of aromatic hydroxyl groups is 1. The molecule has 0 bridgehead atoms. The second kappa shape index (κ2) is 7.74. The van der Waals surface area contributed by atoms with Gasteiger partial charge < -0.3 is 19.6 Å². The number of benzene rings is 1. The molecule has 0 aliphatic rings. The largest absolute Gasteiger partial charge is 0.505 e. The molecule has 2 aromatic rings. The van der Waals surface area contributed by atoms with Crippen molar-refractivity contribution in [3.63, 3.8) is 0 Å². The number of phenolic OH excluding ortho intramolecular Hbond substituents is 1. The lowest BCUT2D eigenvalue weighted by molar-refractivity contribution is -0.145. The summed E-state index contributed by atoms with van der Waals surface area (Å²) in [4.78, 5) is 37.1. The Balaban J connectivity index is 2.45. The number of para-hydroxylation sites is 1. The van der Waals surface area contributed by atoms with Gasteiger partial charge in [0.2, 0.25) is 0 Å². The van der Waals surface area contributed by atoms with Crippen molar-refractivity contribution in [2.75, 3.05) is 23.7 Å². The van der Waals surface area contributed by atoms with E-state index in [0.717, 1.165) is 0 Å². The first-order chi connectivity index (χ1) is 12.9. The minimum atomic E-state index is -4.67. The molecule has 0 saturated carbocycles. The maximum Gasteiger partial charge on any atom is 0.409 e. The SMILES string of the molecule is CCC(N(S)c1c(Nc2cccc(C(=O)N(C)C)c2O)c(=O)c1=O)C(F)(F)F. The molecule has 0 fully saturated rings. The molecule has 0 aliphatic carbocycles. The summed E-state index contributed by atoms with van der Waals surface area (Å²) >= 11 is 3.78. The van der Waals surface area contributed by atoms with Crippen LogP contribution in [0, 0.1) is 0 Å². The normalized spacial score (nSPS) is 12.7. The fourth-order valence-electron chi connectivity index (χ4n) is 2.61. The van der Waals surface area contributed by atoms with Crippen LogP contribution in [0.4, 0.5) is 30.2 Å². The number of rotatable bonds is 6. The first-order valence-corrected chi connectivity index (χ1v) is 8.50. The monoisotopic (exact) mass is 417 g/mol. The molecular weight excluding hydrogens is 399 g/mol. The number of phenols is 1. The van der Waals surface area contributed by atoms with Gasteiger partial charge in [-0.05, 0) is 18.6 Å². The number of nitrogens with zero attached hydrogens (tertiary/aromatic N) is 2. The van der Waals surface area contributed by atoms with E-state index in [-0.39, 0.29) is 11.3 Å². The average molecular weight is 417 g/mol. The van der Waals surface area contributed by atoms with Crippen LogP contribution in [-0.4, -0.2) is 42.2 Å². The lowest BCUT2D eigenvalue weighted by Crippen LogP contribution is -2.47. The van der Waals surface area contributed by atoms with Crippen molar-refractivity contribution in [3.05, 3.63) is 44.2 Å².